The zero-order valence-corrected chi connectivity index (χ0v) is 10.6. The number of nitrogens with two attached hydrogens (primary N) is 1. The predicted octanol–water partition coefficient (Wildman–Crippen LogP) is 2.60. The molecule has 0 saturated heterocycles. The van der Waals surface area contributed by atoms with Crippen LogP contribution in [0.25, 0.3) is 0 Å². The number of carboxylic acid groups (broad SMARTS) is 1. The quantitative estimate of drug-likeness (QED) is 0.868. The molecule has 1 heterocycles. The number of nitrogen functional groups attached to an aromatic ring is 1. The van der Waals surface area contributed by atoms with Crippen LogP contribution in [0.1, 0.15) is 27.5 Å². The van der Waals surface area contributed by atoms with E-state index in [1.54, 1.807) is 0 Å². The van der Waals surface area contributed by atoms with Crippen molar-refractivity contribution in [1.29, 1.82) is 0 Å². The van der Waals surface area contributed by atoms with E-state index >= 15 is 0 Å². The lowest BCUT2D eigenvalue weighted by molar-refractivity contribution is 0.0692. The van der Waals surface area contributed by atoms with Gasteiger partial charge in [-0.05, 0) is 24.8 Å². The smallest absolute Gasteiger partial charge is 0.357 e. The van der Waals surface area contributed by atoms with Gasteiger partial charge in [-0.15, -0.1) is 11.3 Å². The highest BCUT2D eigenvalue weighted by molar-refractivity contribution is 7.15. The largest absolute Gasteiger partial charge is 0.476 e. The Labute approximate surface area is 109 Å². The van der Waals surface area contributed by atoms with E-state index in [0.29, 0.717) is 0 Å². The Hall–Kier alpha value is -1.88. The van der Waals surface area contributed by atoms with E-state index in [2.05, 4.69) is 17.1 Å². The molecule has 0 bridgehead atoms. The third-order valence-electron chi connectivity index (χ3n) is 2.60. The lowest BCUT2D eigenvalue weighted by Crippen LogP contribution is -2.00. The van der Waals surface area contributed by atoms with E-state index in [-0.39, 0.29) is 10.7 Å². The Balaban J connectivity index is 1.91. The molecule has 0 aliphatic heterocycles. The highest BCUT2D eigenvalue weighted by Crippen LogP contribution is 2.22. The molecule has 0 aliphatic carbocycles. The normalized spacial score (nSPS) is 10.4. The maximum atomic E-state index is 10.8. The van der Waals surface area contributed by atoms with E-state index in [1.807, 2.05) is 18.2 Å². The molecular formula is C13H14N2O2S. The van der Waals surface area contributed by atoms with Crippen LogP contribution in [0.2, 0.25) is 0 Å². The molecule has 18 heavy (non-hydrogen) atoms. The Morgan fingerprint density at radius 1 is 1.28 bits per heavy atom. The first-order valence-electron chi connectivity index (χ1n) is 5.69. The van der Waals surface area contributed by atoms with E-state index < -0.39 is 5.97 Å². The number of carboxylic acids is 1. The van der Waals surface area contributed by atoms with Gasteiger partial charge in [-0.3, -0.25) is 0 Å². The summed E-state index contributed by atoms with van der Waals surface area (Å²) in [5.41, 5.74) is 6.86. The van der Waals surface area contributed by atoms with Crippen molar-refractivity contribution < 1.29 is 9.90 Å². The second-order valence-corrected chi connectivity index (χ2v) is 5.08. The first kappa shape index (κ1) is 12.6. The topological polar surface area (TPSA) is 76.2 Å². The zero-order valence-electron chi connectivity index (χ0n) is 9.80. The standard InChI is InChI=1S/C13H14N2O2S/c14-12-11(13(16)17)15-10(18-12)8-4-7-9-5-2-1-3-6-9/h1-3,5-6H,4,7-8,14H2,(H,16,17). The van der Waals surface area contributed by atoms with Gasteiger partial charge < -0.3 is 10.8 Å². The molecule has 94 valence electrons. The molecule has 0 amide bonds. The van der Waals surface area contributed by atoms with E-state index in [0.717, 1.165) is 24.3 Å². The van der Waals surface area contributed by atoms with Crippen molar-refractivity contribution in [1.82, 2.24) is 4.98 Å². The number of aromatic nitrogens is 1. The molecule has 4 nitrogen and oxygen atoms in total. The number of thiazole rings is 1. The van der Waals surface area contributed by atoms with Crippen LogP contribution in [0.4, 0.5) is 5.00 Å². The van der Waals surface area contributed by atoms with E-state index in [1.165, 1.54) is 16.9 Å². The fraction of sp³-hybridized carbons (Fsp3) is 0.231. The van der Waals surface area contributed by atoms with Gasteiger partial charge in [-0.25, -0.2) is 9.78 Å². The molecule has 0 radical (unpaired) electrons. The first-order valence-corrected chi connectivity index (χ1v) is 6.51. The molecule has 2 rings (SSSR count). The number of benzene rings is 1. The first-order chi connectivity index (χ1) is 8.66. The van der Waals surface area contributed by atoms with Gasteiger partial charge in [-0.1, -0.05) is 30.3 Å². The monoisotopic (exact) mass is 262 g/mol. The summed E-state index contributed by atoms with van der Waals surface area (Å²) in [6.45, 7) is 0. The number of hydrogen-bond acceptors (Lipinski definition) is 4. The van der Waals surface area contributed by atoms with Crippen molar-refractivity contribution >= 4 is 22.3 Å². The summed E-state index contributed by atoms with van der Waals surface area (Å²) < 4.78 is 0. The third-order valence-corrected chi connectivity index (χ3v) is 3.54. The van der Waals surface area contributed by atoms with Gasteiger partial charge in [0.25, 0.3) is 0 Å². The van der Waals surface area contributed by atoms with Gasteiger partial charge in [-0.2, -0.15) is 0 Å². The maximum Gasteiger partial charge on any atom is 0.357 e. The van der Waals surface area contributed by atoms with Gasteiger partial charge in [0.2, 0.25) is 0 Å². The number of aryl methyl sites for hydroxylation is 2. The van der Waals surface area contributed by atoms with Crippen molar-refractivity contribution in [3.8, 4) is 0 Å². The lowest BCUT2D eigenvalue weighted by atomic mass is 10.1. The van der Waals surface area contributed by atoms with Crippen molar-refractivity contribution in [3.63, 3.8) is 0 Å². The molecule has 5 heteroatoms. The Morgan fingerprint density at radius 2 is 2.00 bits per heavy atom. The van der Waals surface area contributed by atoms with Crippen LogP contribution in [0, 0.1) is 0 Å². The SMILES string of the molecule is Nc1sc(CCCc2ccccc2)nc1C(=O)O. The predicted molar refractivity (Wildman–Crippen MR) is 72.0 cm³/mol. The van der Waals surface area contributed by atoms with Crippen molar-refractivity contribution in [3.05, 3.63) is 46.6 Å². The maximum absolute atomic E-state index is 10.8. The molecule has 0 spiro atoms. The Bertz CT molecular complexity index is 537. The molecule has 0 aliphatic rings. The Kier molecular flexibility index (Phi) is 3.94. The van der Waals surface area contributed by atoms with Gasteiger partial charge in [0.15, 0.2) is 5.69 Å². The van der Waals surface area contributed by atoms with Crippen LogP contribution in [-0.4, -0.2) is 16.1 Å². The molecule has 0 saturated carbocycles. The molecule has 1 aromatic heterocycles. The van der Waals surface area contributed by atoms with Gasteiger partial charge >= 0.3 is 5.97 Å². The summed E-state index contributed by atoms with van der Waals surface area (Å²) in [5, 5.41) is 9.93. The van der Waals surface area contributed by atoms with Gasteiger partial charge in [0, 0.05) is 0 Å². The summed E-state index contributed by atoms with van der Waals surface area (Å²) in [4.78, 5) is 14.8. The highest BCUT2D eigenvalue weighted by Gasteiger charge is 2.14. The number of nitrogens with zero attached hydrogens (tertiary/aromatic N) is 1. The second-order valence-electron chi connectivity index (χ2n) is 3.96. The molecule has 0 fully saturated rings. The molecule has 3 N–H and O–H groups in total. The fourth-order valence-corrected chi connectivity index (χ4v) is 2.59. The minimum absolute atomic E-state index is 0.0188. The van der Waals surface area contributed by atoms with E-state index in [9.17, 15) is 4.79 Å². The Morgan fingerprint density at radius 3 is 2.61 bits per heavy atom. The van der Waals surface area contributed by atoms with Gasteiger partial charge in [0.1, 0.15) is 5.00 Å². The van der Waals surface area contributed by atoms with Crippen LogP contribution < -0.4 is 5.73 Å². The second kappa shape index (κ2) is 5.64. The zero-order chi connectivity index (χ0) is 13.0. The summed E-state index contributed by atoms with van der Waals surface area (Å²) in [6.07, 6.45) is 2.66. The number of rotatable bonds is 5. The molecule has 2 aromatic rings. The lowest BCUT2D eigenvalue weighted by Gasteiger charge is -1.98. The number of anilines is 1. The summed E-state index contributed by atoms with van der Waals surface area (Å²) >= 11 is 1.26. The highest BCUT2D eigenvalue weighted by atomic mass is 32.1. The summed E-state index contributed by atoms with van der Waals surface area (Å²) in [6, 6.07) is 10.2. The van der Waals surface area contributed by atoms with Crippen LogP contribution in [0.15, 0.2) is 30.3 Å². The van der Waals surface area contributed by atoms with Crippen molar-refractivity contribution in [2.45, 2.75) is 19.3 Å². The molecule has 0 atom stereocenters. The van der Waals surface area contributed by atoms with Gasteiger partial charge in [0.05, 0.1) is 5.01 Å². The minimum Gasteiger partial charge on any atom is -0.476 e. The van der Waals surface area contributed by atoms with E-state index in [4.69, 9.17) is 10.8 Å². The van der Waals surface area contributed by atoms with Crippen LogP contribution >= 0.6 is 11.3 Å². The number of hydrogen-bond donors (Lipinski definition) is 2. The third kappa shape index (κ3) is 3.07. The minimum atomic E-state index is -1.06. The summed E-state index contributed by atoms with van der Waals surface area (Å²) in [7, 11) is 0. The number of aromatic carboxylic acids is 1. The average Bonchev–Trinajstić information content (AvgIpc) is 2.72. The summed E-state index contributed by atoms with van der Waals surface area (Å²) in [5.74, 6) is -1.06. The average molecular weight is 262 g/mol. The molecular weight excluding hydrogens is 248 g/mol. The molecule has 1 aromatic carbocycles. The van der Waals surface area contributed by atoms with Crippen LogP contribution in [-0.2, 0) is 12.8 Å². The fourth-order valence-electron chi connectivity index (χ4n) is 1.73. The van der Waals surface area contributed by atoms with Crippen molar-refractivity contribution in [2.24, 2.45) is 0 Å². The van der Waals surface area contributed by atoms with Crippen molar-refractivity contribution in [2.75, 3.05) is 5.73 Å². The molecule has 0 unspecified atom stereocenters. The van der Waals surface area contributed by atoms with Crippen LogP contribution in [0.5, 0.6) is 0 Å². The number of carbonyl (C=O) groups is 1. The van der Waals surface area contributed by atoms with Crippen LogP contribution in [0.3, 0.4) is 0 Å².